The lowest BCUT2D eigenvalue weighted by atomic mass is 10.1. The van der Waals surface area contributed by atoms with Crippen molar-refractivity contribution in [1.82, 2.24) is 15.0 Å². The Bertz CT molecular complexity index is 838. The van der Waals surface area contributed by atoms with E-state index in [0.717, 1.165) is 33.2 Å². The number of hydrogen-bond acceptors (Lipinski definition) is 3. The summed E-state index contributed by atoms with van der Waals surface area (Å²) in [6, 6.07) is 18.2. The summed E-state index contributed by atoms with van der Waals surface area (Å²) >= 11 is 0. The Kier molecular flexibility index (Phi) is 2.42. The summed E-state index contributed by atoms with van der Waals surface area (Å²) in [5.41, 5.74) is 3.70. The van der Waals surface area contributed by atoms with Crippen molar-refractivity contribution in [2.45, 2.75) is 0 Å². The molecule has 0 aliphatic heterocycles. The minimum absolute atomic E-state index is 0.761. The van der Waals surface area contributed by atoms with Crippen LogP contribution >= 0.6 is 0 Å². The van der Waals surface area contributed by atoms with Crippen LogP contribution in [-0.4, -0.2) is 15.0 Å². The van der Waals surface area contributed by atoms with Crippen LogP contribution in [0, 0.1) is 0 Å². The molecule has 0 aliphatic rings. The van der Waals surface area contributed by atoms with Crippen molar-refractivity contribution in [3.63, 3.8) is 0 Å². The van der Waals surface area contributed by atoms with Gasteiger partial charge in [0.2, 0.25) is 0 Å². The maximum atomic E-state index is 4.69. The van der Waals surface area contributed by atoms with Gasteiger partial charge in [0.1, 0.15) is 0 Å². The first-order chi connectivity index (χ1) is 9.90. The minimum Gasteiger partial charge on any atom is -0.248 e. The summed E-state index contributed by atoms with van der Waals surface area (Å²) in [4.78, 5) is 13.3. The van der Waals surface area contributed by atoms with Crippen LogP contribution in [0.2, 0.25) is 0 Å². The molecule has 3 nitrogen and oxygen atoms in total. The Morgan fingerprint density at radius 1 is 0.750 bits per heavy atom. The monoisotopic (exact) mass is 257 g/mol. The first kappa shape index (κ1) is 11.1. The predicted octanol–water partition coefficient (Wildman–Crippen LogP) is 3.85. The fraction of sp³-hybridized carbons (Fsp3) is 0. The molecule has 0 fully saturated rings. The van der Waals surface area contributed by atoms with E-state index in [1.807, 2.05) is 42.6 Å². The van der Waals surface area contributed by atoms with Crippen LogP contribution < -0.4 is 0 Å². The van der Waals surface area contributed by atoms with Crippen LogP contribution in [0.25, 0.3) is 33.2 Å². The molecule has 0 radical (unpaired) electrons. The van der Waals surface area contributed by atoms with Gasteiger partial charge in [-0.2, -0.15) is 0 Å². The number of rotatable bonds is 1. The highest BCUT2D eigenvalue weighted by molar-refractivity contribution is 5.84. The number of hydrogen-bond donors (Lipinski definition) is 0. The summed E-state index contributed by atoms with van der Waals surface area (Å²) in [5.74, 6) is 0. The van der Waals surface area contributed by atoms with E-state index in [1.165, 1.54) is 0 Å². The van der Waals surface area contributed by atoms with Crippen molar-refractivity contribution in [2.24, 2.45) is 0 Å². The maximum absolute atomic E-state index is 4.69. The van der Waals surface area contributed by atoms with E-state index in [4.69, 9.17) is 4.98 Å². The lowest BCUT2D eigenvalue weighted by Gasteiger charge is -2.04. The highest BCUT2D eigenvalue weighted by atomic mass is 14.8. The number of pyridine rings is 3. The lowest BCUT2D eigenvalue weighted by Crippen LogP contribution is -1.88. The van der Waals surface area contributed by atoms with Crippen LogP contribution in [0.1, 0.15) is 0 Å². The van der Waals surface area contributed by atoms with Crippen LogP contribution in [0.4, 0.5) is 0 Å². The molecule has 4 aromatic rings. The zero-order valence-corrected chi connectivity index (χ0v) is 10.7. The summed E-state index contributed by atoms with van der Waals surface area (Å²) in [6.45, 7) is 0. The van der Waals surface area contributed by atoms with Gasteiger partial charge in [-0.1, -0.05) is 24.3 Å². The molecule has 94 valence electrons. The molecule has 0 saturated carbocycles. The third kappa shape index (κ3) is 1.80. The van der Waals surface area contributed by atoms with Crippen LogP contribution in [0.3, 0.4) is 0 Å². The van der Waals surface area contributed by atoms with Gasteiger partial charge < -0.3 is 0 Å². The Hall–Kier alpha value is -2.81. The van der Waals surface area contributed by atoms with Gasteiger partial charge in [0, 0.05) is 28.7 Å². The predicted molar refractivity (Wildman–Crippen MR) is 80.3 cm³/mol. The standard InChI is InChI=1S/C17H11N3/c1-2-6-15-12(4-1)7-8-16(20-15)14-10-13-5-3-9-18-17(13)19-11-14/h1-11H. The van der Waals surface area contributed by atoms with Gasteiger partial charge in [0.25, 0.3) is 0 Å². The van der Waals surface area contributed by atoms with E-state index >= 15 is 0 Å². The van der Waals surface area contributed by atoms with Crippen molar-refractivity contribution in [1.29, 1.82) is 0 Å². The SMILES string of the molecule is c1ccc2nc(-c3cnc4ncccc4c3)ccc2c1. The smallest absolute Gasteiger partial charge is 0.159 e. The molecule has 0 spiro atoms. The maximum Gasteiger partial charge on any atom is 0.159 e. The zero-order chi connectivity index (χ0) is 13.4. The normalized spacial score (nSPS) is 11.0. The Labute approximate surface area is 116 Å². The summed E-state index contributed by atoms with van der Waals surface area (Å²) in [7, 11) is 0. The highest BCUT2D eigenvalue weighted by Crippen LogP contribution is 2.22. The van der Waals surface area contributed by atoms with E-state index in [0.29, 0.717) is 0 Å². The van der Waals surface area contributed by atoms with Crippen molar-refractivity contribution in [2.75, 3.05) is 0 Å². The topological polar surface area (TPSA) is 38.7 Å². The number of benzene rings is 1. The molecule has 3 heterocycles. The fourth-order valence-corrected chi connectivity index (χ4v) is 2.33. The van der Waals surface area contributed by atoms with Gasteiger partial charge in [0.15, 0.2) is 5.65 Å². The van der Waals surface area contributed by atoms with Gasteiger partial charge in [-0.05, 0) is 30.3 Å². The van der Waals surface area contributed by atoms with Gasteiger partial charge >= 0.3 is 0 Å². The van der Waals surface area contributed by atoms with Gasteiger partial charge in [-0.15, -0.1) is 0 Å². The van der Waals surface area contributed by atoms with E-state index in [1.54, 1.807) is 6.20 Å². The molecular formula is C17H11N3. The molecule has 0 amide bonds. The second-order valence-corrected chi connectivity index (χ2v) is 4.66. The average Bonchev–Trinajstić information content (AvgIpc) is 2.54. The summed E-state index contributed by atoms with van der Waals surface area (Å²) in [5, 5.41) is 2.17. The molecule has 0 saturated heterocycles. The van der Waals surface area contributed by atoms with Crippen LogP contribution in [-0.2, 0) is 0 Å². The van der Waals surface area contributed by atoms with Crippen LogP contribution in [0.15, 0.2) is 67.0 Å². The fourth-order valence-electron chi connectivity index (χ4n) is 2.33. The molecule has 4 rings (SSSR count). The van der Waals surface area contributed by atoms with E-state index in [9.17, 15) is 0 Å². The Morgan fingerprint density at radius 3 is 2.65 bits per heavy atom. The molecule has 0 unspecified atom stereocenters. The van der Waals surface area contributed by atoms with Crippen molar-refractivity contribution >= 4 is 21.9 Å². The molecule has 1 aromatic carbocycles. The largest absolute Gasteiger partial charge is 0.248 e. The van der Waals surface area contributed by atoms with Gasteiger partial charge in [-0.3, -0.25) is 0 Å². The molecular weight excluding hydrogens is 246 g/mol. The van der Waals surface area contributed by atoms with Crippen molar-refractivity contribution in [3.05, 3.63) is 67.0 Å². The van der Waals surface area contributed by atoms with Gasteiger partial charge in [0.05, 0.1) is 11.2 Å². The average molecular weight is 257 g/mol. The molecule has 0 atom stereocenters. The molecule has 0 bridgehead atoms. The highest BCUT2D eigenvalue weighted by Gasteiger charge is 2.03. The molecule has 3 aromatic heterocycles. The van der Waals surface area contributed by atoms with Gasteiger partial charge in [-0.25, -0.2) is 15.0 Å². The van der Waals surface area contributed by atoms with Crippen LogP contribution in [0.5, 0.6) is 0 Å². The summed E-state index contributed by atoms with van der Waals surface area (Å²) in [6.07, 6.45) is 3.58. The quantitative estimate of drug-likeness (QED) is 0.520. The first-order valence-corrected chi connectivity index (χ1v) is 6.47. The number of aromatic nitrogens is 3. The van der Waals surface area contributed by atoms with Crippen molar-refractivity contribution in [3.8, 4) is 11.3 Å². The third-order valence-electron chi connectivity index (χ3n) is 3.35. The molecule has 0 aliphatic carbocycles. The number of nitrogens with zero attached hydrogens (tertiary/aromatic N) is 3. The second kappa shape index (κ2) is 4.38. The van der Waals surface area contributed by atoms with E-state index in [-0.39, 0.29) is 0 Å². The van der Waals surface area contributed by atoms with Crippen molar-refractivity contribution < 1.29 is 0 Å². The summed E-state index contributed by atoms with van der Waals surface area (Å²) < 4.78 is 0. The zero-order valence-electron chi connectivity index (χ0n) is 10.7. The van der Waals surface area contributed by atoms with E-state index < -0.39 is 0 Å². The Morgan fingerprint density at radius 2 is 1.65 bits per heavy atom. The number of para-hydroxylation sites is 1. The Balaban J connectivity index is 1.91. The second-order valence-electron chi connectivity index (χ2n) is 4.66. The minimum atomic E-state index is 0.761. The molecule has 0 N–H and O–H groups in total. The number of fused-ring (bicyclic) bond motifs is 2. The lowest BCUT2D eigenvalue weighted by molar-refractivity contribution is 1.28. The molecule has 3 heteroatoms. The molecule has 20 heavy (non-hydrogen) atoms. The van der Waals surface area contributed by atoms with E-state index in [2.05, 4.69) is 28.2 Å². The first-order valence-electron chi connectivity index (χ1n) is 6.47. The third-order valence-corrected chi connectivity index (χ3v) is 3.35.